The highest BCUT2D eigenvalue weighted by Gasteiger charge is 2.11. The third-order valence-corrected chi connectivity index (χ3v) is 5.31. The Hall–Kier alpha value is -3.33. The third-order valence-electron chi connectivity index (χ3n) is 5.31. The predicted molar refractivity (Wildman–Crippen MR) is 124 cm³/mol. The van der Waals surface area contributed by atoms with Crippen LogP contribution in [0.5, 0.6) is 0 Å². The van der Waals surface area contributed by atoms with E-state index in [-0.39, 0.29) is 0 Å². The van der Waals surface area contributed by atoms with Gasteiger partial charge in [0, 0.05) is 35.5 Å². The summed E-state index contributed by atoms with van der Waals surface area (Å²) in [6, 6.07) is 21.3. The highest BCUT2D eigenvalue weighted by Crippen LogP contribution is 2.31. The summed E-state index contributed by atoms with van der Waals surface area (Å²) in [7, 11) is 0. The summed E-state index contributed by atoms with van der Waals surface area (Å²) in [6.45, 7) is 8.71. The molecule has 0 aliphatic heterocycles. The first-order valence-corrected chi connectivity index (χ1v) is 10.5. The first-order valence-electron chi connectivity index (χ1n) is 10.5. The molecule has 0 bridgehead atoms. The maximum Gasteiger partial charge on any atom is 0.0711 e. The summed E-state index contributed by atoms with van der Waals surface area (Å²) >= 11 is 0. The maximum absolute atomic E-state index is 4.98. The Bertz CT molecular complexity index is 1150. The molecule has 1 aromatic carbocycles. The number of nitrogens with zero attached hydrogens (tertiary/aromatic N) is 3. The van der Waals surface area contributed by atoms with Crippen molar-refractivity contribution < 1.29 is 0 Å². The predicted octanol–water partition coefficient (Wildman–Crippen LogP) is 7.12. The van der Waals surface area contributed by atoms with E-state index < -0.39 is 0 Å². The minimum absolute atomic E-state index is 0.350. The molecule has 0 saturated heterocycles. The van der Waals surface area contributed by atoms with Gasteiger partial charge in [0.25, 0.3) is 0 Å². The van der Waals surface area contributed by atoms with Crippen LogP contribution < -0.4 is 0 Å². The molecule has 4 aromatic rings. The highest BCUT2D eigenvalue weighted by molar-refractivity contribution is 5.75. The molecular weight excluding hydrogens is 366 g/mol. The molecule has 0 unspecified atom stereocenters. The Morgan fingerprint density at radius 1 is 0.567 bits per heavy atom. The van der Waals surface area contributed by atoms with E-state index in [1.54, 1.807) is 0 Å². The van der Waals surface area contributed by atoms with E-state index in [4.69, 9.17) is 4.98 Å². The zero-order valence-electron chi connectivity index (χ0n) is 18.0. The molecule has 0 fully saturated rings. The average molecular weight is 394 g/mol. The van der Waals surface area contributed by atoms with Crippen molar-refractivity contribution in [3.05, 3.63) is 90.6 Å². The van der Waals surface area contributed by atoms with E-state index >= 15 is 0 Å². The van der Waals surface area contributed by atoms with Gasteiger partial charge in [0.15, 0.2) is 0 Å². The Morgan fingerprint density at radius 2 is 1.20 bits per heavy atom. The molecule has 0 atom stereocenters. The van der Waals surface area contributed by atoms with E-state index in [1.807, 2.05) is 30.7 Å². The van der Waals surface area contributed by atoms with Crippen LogP contribution in [-0.4, -0.2) is 15.0 Å². The van der Waals surface area contributed by atoms with Crippen molar-refractivity contribution in [3.8, 4) is 33.5 Å². The quantitative estimate of drug-likeness (QED) is 0.362. The lowest BCUT2D eigenvalue weighted by Gasteiger charge is -2.13. The summed E-state index contributed by atoms with van der Waals surface area (Å²) in [6.07, 6.45) is 5.57. The van der Waals surface area contributed by atoms with Crippen LogP contribution >= 0.6 is 0 Å². The smallest absolute Gasteiger partial charge is 0.0711 e. The highest BCUT2D eigenvalue weighted by atomic mass is 14.7. The van der Waals surface area contributed by atoms with E-state index in [0.29, 0.717) is 11.8 Å². The molecule has 0 aliphatic carbocycles. The molecule has 3 nitrogen and oxygen atoms in total. The van der Waals surface area contributed by atoms with Gasteiger partial charge >= 0.3 is 0 Å². The Morgan fingerprint density at radius 3 is 1.93 bits per heavy atom. The number of hydrogen-bond acceptors (Lipinski definition) is 3. The molecular formula is C27H27N3. The lowest BCUT2D eigenvalue weighted by molar-refractivity contribution is 0.823. The molecule has 0 aliphatic rings. The molecule has 0 N–H and O–H groups in total. The summed E-state index contributed by atoms with van der Waals surface area (Å²) in [5.74, 6) is 0.753. The molecule has 30 heavy (non-hydrogen) atoms. The molecule has 0 amide bonds. The molecule has 4 rings (SSSR count). The van der Waals surface area contributed by atoms with E-state index in [9.17, 15) is 0 Å². The number of aromatic nitrogens is 3. The Kier molecular flexibility index (Phi) is 5.71. The lowest BCUT2D eigenvalue weighted by Crippen LogP contribution is -1.97. The fourth-order valence-corrected chi connectivity index (χ4v) is 3.51. The van der Waals surface area contributed by atoms with E-state index in [1.165, 1.54) is 16.7 Å². The summed E-state index contributed by atoms with van der Waals surface area (Å²) in [5, 5.41) is 0. The minimum atomic E-state index is 0.350. The van der Waals surface area contributed by atoms with Gasteiger partial charge in [0.05, 0.1) is 5.69 Å². The largest absolute Gasteiger partial charge is 0.265 e. The van der Waals surface area contributed by atoms with Gasteiger partial charge in [0.1, 0.15) is 0 Å². The standard InChI is InChI=1S/C27H27N3/c1-18(2)25-15-22(10-13-29-25)21-6-5-7-23(14-21)27-17-24(16-26(30-27)19(3)4)20-8-11-28-12-9-20/h5-19H,1-4H3. The molecule has 3 heteroatoms. The van der Waals surface area contributed by atoms with Crippen LogP contribution in [0.15, 0.2) is 79.3 Å². The van der Waals surface area contributed by atoms with Crippen molar-refractivity contribution in [2.75, 3.05) is 0 Å². The van der Waals surface area contributed by atoms with Crippen LogP contribution in [0.2, 0.25) is 0 Å². The SMILES string of the molecule is CC(C)c1cc(-c2cccc(-c3cc(-c4ccncc4)cc(C(C)C)n3)c2)ccn1. The van der Waals surface area contributed by atoms with E-state index in [0.717, 1.165) is 28.2 Å². The molecule has 0 spiro atoms. The lowest BCUT2D eigenvalue weighted by atomic mass is 9.97. The van der Waals surface area contributed by atoms with Crippen molar-refractivity contribution >= 4 is 0 Å². The number of pyridine rings is 3. The van der Waals surface area contributed by atoms with Crippen LogP contribution in [0.4, 0.5) is 0 Å². The first-order chi connectivity index (χ1) is 14.5. The van der Waals surface area contributed by atoms with Gasteiger partial charge < -0.3 is 0 Å². The van der Waals surface area contributed by atoms with Gasteiger partial charge in [-0.3, -0.25) is 15.0 Å². The van der Waals surface area contributed by atoms with Gasteiger partial charge in [0.2, 0.25) is 0 Å². The van der Waals surface area contributed by atoms with E-state index in [2.05, 4.69) is 86.2 Å². The summed E-state index contributed by atoms with van der Waals surface area (Å²) in [4.78, 5) is 13.6. The molecule has 0 saturated carbocycles. The van der Waals surface area contributed by atoms with Gasteiger partial charge in [-0.25, -0.2) is 0 Å². The summed E-state index contributed by atoms with van der Waals surface area (Å²) < 4.78 is 0. The molecule has 0 radical (unpaired) electrons. The molecule has 3 aromatic heterocycles. The Balaban J connectivity index is 1.80. The normalized spacial score (nSPS) is 11.3. The van der Waals surface area contributed by atoms with Crippen molar-refractivity contribution in [1.29, 1.82) is 0 Å². The van der Waals surface area contributed by atoms with Crippen LogP contribution in [0.3, 0.4) is 0 Å². The zero-order valence-corrected chi connectivity index (χ0v) is 18.0. The van der Waals surface area contributed by atoms with Crippen LogP contribution in [0.1, 0.15) is 50.9 Å². The maximum atomic E-state index is 4.98. The second kappa shape index (κ2) is 8.58. The fourth-order valence-electron chi connectivity index (χ4n) is 3.51. The van der Waals surface area contributed by atoms with Crippen LogP contribution in [-0.2, 0) is 0 Å². The van der Waals surface area contributed by atoms with Gasteiger partial charge in [-0.1, -0.05) is 45.9 Å². The average Bonchev–Trinajstić information content (AvgIpc) is 2.79. The number of hydrogen-bond donors (Lipinski definition) is 0. The van der Waals surface area contributed by atoms with Crippen molar-refractivity contribution in [3.63, 3.8) is 0 Å². The van der Waals surface area contributed by atoms with Crippen LogP contribution in [0.25, 0.3) is 33.5 Å². The number of benzene rings is 1. The van der Waals surface area contributed by atoms with Crippen molar-refractivity contribution in [2.24, 2.45) is 0 Å². The second-order valence-corrected chi connectivity index (χ2v) is 8.26. The topological polar surface area (TPSA) is 38.7 Å². The molecule has 3 heterocycles. The zero-order chi connectivity index (χ0) is 21.1. The molecule has 150 valence electrons. The second-order valence-electron chi connectivity index (χ2n) is 8.26. The monoisotopic (exact) mass is 393 g/mol. The summed E-state index contributed by atoms with van der Waals surface area (Å²) in [5.41, 5.74) is 9.00. The van der Waals surface area contributed by atoms with Crippen molar-refractivity contribution in [2.45, 2.75) is 39.5 Å². The fraction of sp³-hybridized carbons (Fsp3) is 0.222. The van der Waals surface area contributed by atoms with Gasteiger partial charge in [-0.2, -0.15) is 0 Å². The minimum Gasteiger partial charge on any atom is -0.265 e. The first kappa shape index (κ1) is 20.0. The third kappa shape index (κ3) is 4.30. The van der Waals surface area contributed by atoms with Gasteiger partial charge in [-0.05, 0) is 76.6 Å². The van der Waals surface area contributed by atoms with Gasteiger partial charge in [-0.15, -0.1) is 0 Å². The Labute approximate surface area is 178 Å². The van der Waals surface area contributed by atoms with Crippen LogP contribution in [0, 0.1) is 0 Å². The number of rotatable bonds is 5. The van der Waals surface area contributed by atoms with Crippen molar-refractivity contribution in [1.82, 2.24) is 15.0 Å².